The number of ether oxygens (including phenoxy) is 1. The highest BCUT2D eigenvalue weighted by atomic mass is 16.5. The van der Waals surface area contributed by atoms with Gasteiger partial charge in [-0.05, 0) is 23.8 Å². The molecule has 0 aliphatic carbocycles. The number of benzene rings is 1. The molecule has 0 radical (unpaired) electrons. The molecule has 1 aromatic rings. The SMILES string of the molecule is COc1ccc(C=CC(=O)N2CCNCC2C(=O)O)cc1. The Bertz CT molecular complexity index is 539. The van der Waals surface area contributed by atoms with Crippen molar-refractivity contribution < 1.29 is 19.4 Å². The van der Waals surface area contributed by atoms with Crippen molar-refractivity contribution in [3.8, 4) is 5.75 Å². The first-order chi connectivity index (χ1) is 10.1. The maximum Gasteiger partial charge on any atom is 0.327 e. The molecular weight excluding hydrogens is 272 g/mol. The number of nitrogens with one attached hydrogen (secondary N) is 1. The lowest BCUT2D eigenvalue weighted by molar-refractivity contribution is -0.149. The highest BCUT2D eigenvalue weighted by Crippen LogP contribution is 2.13. The molecule has 112 valence electrons. The maximum atomic E-state index is 12.1. The minimum Gasteiger partial charge on any atom is -0.497 e. The fourth-order valence-corrected chi connectivity index (χ4v) is 2.17. The largest absolute Gasteiger partial charge is 0.497 e. The Morgan fingerprint density at radius 1 is 1.38 bits per heavy atom. The van der Waals surface area contributed by atoms with Crippen molar-refractivity contribution in [1.82, 2.24) is 10.2 Å². The highest BCUT2D eigenvalue weighted by Gasteiger charge is 2.30. The van der Waals surface area contributed by atoms with Crippen molar-refractivity contribution in [2.24, 2.45) is 0 Å². The Balaban J connectivity index is 2.04. The van der Waals surface area contributed by atoms with Crippen molar-refractivity contribution in [3.63, 3.8) is 0 Å². The Hall–Kier alpha value is -2.34. The summed E-state index contributed by atoms with van der Waals surface area (Å²) in [7, 11) is 1.59. The van der Waals surface area contributed by atoms with Crippen LogP contribution in [0.15, 0.2) is 30.3 Å². The molecule has 6 nitrogen and oxygen atoms in total. The Labute approximate surface area is 123 Å². The van der Waals surface area contributed by atoms with Gasteiger partial charge in [-0.25, -0.2) is 4.79 Å². The van der Waals surface area contributed by atoms with Crippen LogP contribution < -0.4 is 10.1 Å². The number of rotatable bonds is 4. The molecule has 1 aliphatic rings. The molecule has 1 atom stereocenters. The van der Waals surface area contributed by atoms with E-state index in [0.29, 0.717) is 13.1 Å². The van der Waals surface area contributed by atoms with E-state index in [0.717, 1.165) is 11.3 Å². The molecular formula is C15H18N2O4. The standard InChI is InChI=1S/C15H18N2O4/c1-21-12-5-2-11(3-6-12)4-7-14(18)17-9-8-16-10-13(17)15(19)20/h2-7,13,16H,8-10H2,1H3,(H,19,20). The fourth-order valence-electron chi connectivity index (χ4n) is 2.17. The van der Waals surface area contributed by atoms with Gasteiger partial charge in [0, 0.05) is 25.7 Å². The number of hydrogen-bond acceptors (Lipinski definition) is 4. The van der Waals surface area contributed by atoms with Gasteiger partial charge < -0.3 is 20.1 Å². The first kappa shape index (κ1) is 15.1. The van der Waals surface area contributed by atoms with Crippen molar-refractivity contribution in [2.75, 3.05) is 26.7 Å². The van der Waals surface area contributed by atoms with E-state index in [1.165, 1.54) is 11.0 Å². The first-order valence-electron chi connectivity index (χ1n) is 6.68. The predicted octanol–water partition coefficient (Wildman–Crippen LogP) is 0.593. The number of aliphatic carboxylic acids is 1. The predicted molar refractivity (Wildman–Crippen MR) is 78.0 cm³/mol. The van der Waals surface area contributed by atoms with Gasteiger partial charge in [-0.15, -0.1) is 0 Å². The molecule has 2 rings (SSSR count). The van der Waals surface area contributed by atoms with Crippen LogP contribution in [0.1, 0.15) is 5.56 Å². The van der Waals surface area contributed by atoms with Gasteiger partial charge in [-0.2, -0.15) is 0 Å². The molecule has 21 heavy (non-hydrogen) atoms. The molecule has 0 saturated carbocycles. The summed E-state index contributed by atoms with van der Waals surface area (Å²) in [6.07, 6.45) is 3.08. The fraction of sp³-hybridized carbons (Fsp3) is 0.333. The summed E-state index contributed by atoms with van der Waals surface area (Å²) in [6, 6.07) is 6.44. The van der Waals surface area contributed by atoms with Crippen LogP contribution in [-0.2, 0) is 9.59 Å². The molecule has 1 amide bonds. The number of carbonyl (C=O) groups excluding carboxylic acids is 1. The number of hydrogen-bond donors (Lipinski definition) is 2. The van der Waals surface area contributed by atoms with E-state index >= 15 is 0 Å². The number of carboxylic acid groups (broad SMARTS) is 1. The van der Waals surface area contributed by atoms with Crippen LogP contribution >= 0.6 is 0 Å². The topological polar surface area (TPSA) is 78.9 Å². The van der Waals surface area contributed by atoms with Crippen LogP contribution in [0, 0.1) is 0 Å². The lowest BCUT2D eigenvalue weighted by Crippen LogP contribution is -2.56. The third-order valence-electron chi connectivity index (χ3n) is 3.35. The van der Waals surface area contributed by atoms with E-state index in [1.54, 1.807) is 25.3 Å². The number of amides is 1. The number of carboxylic acids is 1. The van der Waals surface area contributed by atoms with Crippen LogP contribution in [0.5, 0.6) is 5.75 Å². The van der Waals surface area contributed by atoms with Gasteiger partial charge >= 0.3 is 5.97 Å². The van der Waals surface area contributed by atoms with E-state index in [2.05, 4.69) is 5.32 Å². The lowest BCUT2D eigenvalue weighted by Gasteiger charge is -2.32. The van der Waals surface area contributed by atoms with Gasteiger partial charge in [0.2, 0.25) is 5.91 Å². The van der Waals surface area contributed by atoms with Gasteiger partial charge in [-0.3, -0.25) is 4.79 Å². The molecule has 0 aromatic heterocycles. The summed E-state index contributed by atoms with van der Waals surface area (Å²) in [6.45, 7) is 1.27. The third kappa shape index (κ3) is 3.82. The van der Waals surface area contributed by atoms with Crippen LogP contribution in [0.4, 0.5) is 0 Å². The Morgan fingerprint density at radius 3 is 2.71 bits per heavy atom. The van der Waals surface area contributed by atoms with E-state index < -0.39 is 12.0 Å². The minimum absolute atomic E-state index is 0.275. The summed E-state index contributed by atoms with van der Waals surface area (Å²) >= 11 is 0. The summed E-state index contributed by atoms with van der Waals surface area (Å²) < 4.78 is 5.06. The molecule has 1 heterocycles. The quantitative estimate of drug-likeness (QED) is 0.794. The third-order valence-corrected chi connectivity index (χ3v) is 3.35. The van der Waals surface area contributed by atoms with E-state index in [4.69, 9.17) is 9.84 Å². The molecule has 1 aromatic carbocycles. The Kier molecular flexibility index (Phi) is 4.94. The van der Waals surface area contributed by atoms with Crippen molar-refractivity contribution >= 4 is 18.0 Å². The second kappa shape index (κ2) is 6.90. The first-order valence-corrected chi connectivity index (χ1v) is 6.68. The lowest BCUT2D eigenvalue weighted by atomic mass is 10.1. The van der Waals surface area contributed by atoms with Crippen LogP contribution in [0.2, 0.25) is 0 Å². The van der Waals surface area contributed by atoms with Crippen molar-refractivity contribution in [3.05, 3.63) is 35.9 Å². The van der Waals surface area contributed by atoms with E-state index in [-0.39, 0.29) is 12.5 Å². The van der Waals surface area contributed by atoms with Gasteiger partial charge in [0.25, 0.3) is 0 Å². The van der Waals surface area contributed by atoms with E-state index in [1.807, 2.05) is 12.1 Å². The van der Waals surface area contributed by atoms with Crippen molar-refractivity contribution in [1.29, 1.82) is 0 Å². The zero-order valence-electron chi connectivity index (χ0n) is 11.8. The average molecular weight is 290 g/mol. The summed E-state index contributed by atoms with van der Waals surface area (Å²) in [5, 5.41) is 12.1. The van der Waals surface area contributed by atoms with Gasteiger partial charge in [0.1, 0.15) is 11.8 Å². The minimum atomic E-state index is -0.992. The molecule has 1 aliphatic heterocycles. The summed E-state index contributed by atoms with van der Waals surface area (Å²) in [5.41, 5.74) is 0.853. The maximum absolute atomic E-state index is 12.1. The monoisotopic (exact) mass is 290 g/mol. The number of methoxy groups -OCH3 is 1. The smallest absolute Gasteiger partial charge is 0.327 e. The summed E-state index contributed by atoms with van der Waals surface area (Å²) in [5.74, 6) is -0.542. The van der Waals surface area contributed by atoms with Gasteiger partial charge in [0.05, 0.1) is 7.11 Å². The van der Waals surface area contributed by atoms with E-state index in [9.17, 15) is 9.59 Å². The second-order valence-electron chi connectivity index (χ2n) is 4.70. The molecule has 2 N–H and O–H groups in total. The van der Waals surface area contributed by atoms with Gasteiger partial charge in [-0.1, -0.05) is 12.1 Å². The van der Waals surface area contributed by atoms with Crippen LogP contribution in [0.25, 0.3) is 6.08 Å². The average Bonchev–Trinajstić information content (AvgIpc) is 2.53. The molecule has 1 saturated heterocycles. The second-order valence-corrected chi connectivity index (χ2v) is 4.70. The van der Waals surface area contributed by atoms with Crippen LogP contribution in [-0.4, -0.2) is 54.7 Å². The normalized spacial score (nSPS) is 18.7. The molecule has 0 spiro atoms. The molecule has 1 unspecified atom stereocenters. The van der Waals surface area contributed by atoms with Gasteiger partial charge in [0.15, 0.2) is 0 Å². The number of nitrogens with zero attached hydrogens (tertiary/aromatic N) is 1. The molecule has 0 bridgehead atoms. The molecule has 6 heteroatoms. The highest BCUT2D eigenvalue weighted by molar-refractivity contribution is 5.94. The zero-order valence-corrected chi connectivity index (χ0v) is 11.8. The number of carbonyl (C=O) groups is 2. The van der Waals surface area contributed by atoms with Crippen molar-refractivity contribution in [2.45, 2.75) is 6.04 Å². The summed E-state index contributed by atoms with van der Waals surface area (Å²) in [4.78, 5) is 24.6. The Morgan fingerprint density at radius 2 is 2.10 bits per heavy atom. The zero-order chi connectivity index (χ0) is 15.2. The number of piperazine rings is 1. The van der Waals surface area contributed by atoms with Crippen LogP contribution in [0.3, 0.4) is 0 Å². The molecule has 1 fully saturated rings.